The Balaban J connectivity index is 2.03. The van der Waals surface area contributed by atoms with E-state index in [-0.39, 0.29) is 0 Å². The Morgan fingerprint density at radius 3 is 3.00 bits per heavy atom. The lowest BCUT2D eigenvalue weighted by molar-refractivity contribution is -0.0365. The van der Waals surface area contributed by atoms with Crippen LogP contribution in [-0.4, -0.2) is 11.4 Å². The molecule has 1 fully saturated rings. The van der Waals surface area contributed by atoms with E-state index < -0.39 is 0 Å². The first-order valence-corrected chi connectivity index (χ1v) is 7.57. The van der Waals surface area contributed by atoms with Gasteiger partial charge in [0.25, 0.3) is 0 Å². The lowest BCUT2D eigenvalue weighted by Crippen LogP contribution is -2.22. The molecule has 2 heterocycles. The van der Waals surface area contributed by atoms with Gasteiger partial charge in [-0.05, 0) is 37.8 Å². The SMILES string of the molecule is CCc1ccc(C2CCCC(CBr)O2)s1. The fourth-order valence-electron chi connectivity index (χ4n) is 1.98. The molecule has 0 amide bonds. The molecule has 1 aliphatic heterocycles. The second kappa shape index (κ2) is 5.46. The Morgan fingerprint density at radius 1 is 1.47 bits per heavy atom. The zero-order valence-corrected chi connectivity index (χ0v) is 11.4. The van der Waals surface area contributed by atoms with Crippen molar-refractivity contribution < 1.29 is 4.74 Å². The minimum atomic E-state index is 0.353. The fraction of sp³-hybridized carbons (Fsp3) is 0.667. The molecule has 2 unspecified atom stereocenters. The summed E-state index contributed by atoms with van der Waals surface area (Å²) in [5, 5.41) is 0.968. The smallest absolute Gasteiger partial charge is 0.0921 e. The van der Waals surface area contributed by atoms with Crippen molar-refractivity contribution in [3.8, 4) is 0 Å². The van der Waals surface area contributed by atoms with E-state index in [2.05, 4.69) is 35.0 Å². The maximum absolute atomic E-state index is 6.04. The Bertz CT molecular complexity index is 310. The molecule has 1 nitrogen and oxygen atoms in total. The van der Waals surface area contributed by atoms with Gasteiger partial charge in [0.1, 0.15) is 0 Å². The summed E-state index contributed by atoms with van der Waals surface area (Å²) >= 11 is 5.42. The molecule has 0 N–H and O–H groups in total. The van der Waals surface area contributed by atoms with E-state index in [0.717, 1.165) is 11.8 Å². The van der Waals surface area contributed by atoms with Crippen LogP contribution >= 0.6 is 27.3 Å². The number of halogens is 1. The van der Waals surface area contributed by atoms with Crippen molar-refractivity contribution in [3.05, 3.63) is 21.9 Å². The first-order chi connectivity index (χ1) is 7.33. The third kappa shape index (κ3) is 2.83. The summed E-state index contributed by atoms with van der Waals surface area (Å²) in [6.45, 7) is 2.21. The summed E-state index contributed by atoms with van der Waals surface area (Å²) < 4.78 is 6.04. The van der Waals surface area contributed by atoms with Crippen LogP contribution in [0.2, 0.25) is 0 Å². The maximum Gasteiger partial charge on any atom is 0.0921 e. The van der Waals surface area contributed by atoms with Crippen LogP contribution in [0.4, 0.5) is 0 Å². The van der Waals surface area contributed by atoms with Crippen molar-refractivity contribution in [2.75, 3.05) is 5.33 Å². The first kappa shape index (κ1) is 11.6. The van der Waals surface area contributed by atoms with E-state index in [0.29, 0.717) is 12.2 Å². The van der Waals surface area contributed by atoms with E-state index in [9.17, 15) is 0 Å². The molecule has 2 atom stereocenters. The Morgan fingerprint density at radius 2 is 2.33 bits per heavy atom. The third-order valence-electron chi connectivity index (χ3n) is 2.87. The van der Waals surface area contributed by atoms with Gasteiger partial charge >= 0.3 is 0 Å². The number of alkyl halides is 1. The van der Waals surface area contributed by atoms with Crippen LogP contribution in [0, 0.1) is 0 Å². The largest absolute Gasteiger partial charge is 0.369 e. The highest BCUT2D eigenvalue weighted by Crippen LogP contribution is 2.35. The summed E-state index contributed by atoms with van der Waals surface area (Å²) in [5.74, 6) is 0. The molecule has 1 saturated heterocycles. The molecule has 0 aromatic carbocycles. The summed E-state index contributed by atoms with van der Waals surface area (Å²) in [4.78, 5) is 2.88. The van der Waals surface area contributed by atoms with Gasteiger partial charge in [-0.1, -0.05) is 22.9 Å². The summed E-state index contributed by atoms with van der Waals surface area (Å²) in [6, 6.07) is 4.48. The summed E-state index contributed by atoms with van der Waals surface area (Å²) in [7, 11) is 0. The quantitative estimate of drug-likeness (QED) is 0.753. The second-order valence-corrected chi connectivity index (χ2v) is 5.84. The average molecular weight is 289 g/mol. The Hall–Kier alpha value is 0.140. The van der Waals surface area contributed by atoms with Crippen LogP contribution in [0.25, 0.3) is 0 Å². The molecule has 84 valence electrons. The zero-order valence-electron chi connectivity index (χ0n) is 9.04. The van der Waals surface area contributed by atoms with Gasteiger partial charge in [0.15, 0.2) is 0 Å². The van der Waals surface area contributed by atoms with Gasteiger partial charge in [-0.2, -0.15) is 0 Å². The monoisotopic (exact) mass is 288 g/mol. The predicted molar refractivity (Wildman–Crippen MR) is 69.0 cm³/mol. The van der Waals surface area contributed by atoms with Crippen molar-refractivity contribution in [2.45, 2.75) is 44.8 Å². The molecular formula is C12H17BrOS. The number of thiophene rings is 1. The normalized spacial score (nSPS) is 26.8. The predicted octanol–water partition coefficient (Wildman–Crippen LogP) is 4.32. The van der Waals surface area contributed by atoms with Gasteiger partial charge < -0.3 is 4.74 Å². The second-order valence-electron chi connectivity index (χ2n) is 3.99. The van der Waals surface area contributed by atoms with Gasteiger partial charge in [0, 0.05) is 15.1 Å². The van der Waals surface area contributed by atoms with Crippen molar-refractivity contribution in [1.82, 2.24) is 0 Å². The van der Waals surface area contributed by atoms with E-state index in [1.807, 2.05) is 11.3 Å². The lowest BCUT2D eigenvalue weighted by atomic mass is 10.0. The van der Waals surface area contributed by atoms with Crippen LogP contribution in [0.1, 0.15) is 42.0 Å². The molecule has 15 heavy (non-hydrogen) atoms. The standard InChI is InChI=1S/C12H17BrOS/c1-2-10-6-7-12(15-10)11-5-3-4-9(8-13)14-11/h6-7,9,11H,2-5,8H2,1H3. The van der Waals surface area contributed by atoms with Gasteiger partial charge in [-0.25, -0.2) is 0 Å². The maximum atomic E-state index is 6.04. The van der Waals surface area contributed by atoms with Crippen molar-refractivity contribution in [2.24, 2.45) is 0 Å². The topological polar surface area (TPSA) is 9.23 Å². The Labute approximate surface area is 104 Å². The molecule has 3 heteroatoms. The fourth-order valence-corrected chi connectivity index (χ4v) is 3.48. The van der Waals surface area contributed by atoms with Crippen molar-refractivity contribution >= 4 is 27.3 Å². The minimum absolute atomic E-state index is 0.353. The average Bonchev–Trinajstić information content (AvgIpc) is 2.78. The highest BCUT2D eigenvalue weighted by atomic mass is 79.9. The number of hydrogen-bond donors (Lipinski definition) is 0. The van der Waals surface area contributed by atoms with E-state index >= 15 is 0 Å². The van der Waals surface area contributed by atoms with Crippen molar-refractivity contribution in [1.29, 1.82) is 0 Å². The molecule has 1 aromatic rings. The van der Waals surface area contributed by atoms with Gasteiger partial charge in [0.05, 0.1) is 12.2 Å². The van der Waals surface area contributed by atoms with Crippen LogP contribution in [-0.2, 0) is 11.2 Å². The minimum Gasteiger partial charge on any atom is -0.369 e. The van der Waals surface area contributed by atoms with Crippen molar-refractivity contribution in [3.63, 3.8) is 0 Å². The molecule has 2 rings (SSSR count). The molecule has 0 radical (unpaired) electrons. The number of rotatable bonds is 3. The highest BCUT2D eigenvalue weighted by Gasteiger charge is 2.23. The van der Waals surface area contributed by atoms with Crippen LogP contribution < -0.4 is 0 Å². The molecular weight excluding hydrogens is 272 g/mol. The van der Waals surface area contributed by atoms with Gasteiger partial charge in [0.2, 0.25) is 0 Å². The Kier molecular flexibility index (Phi) is 4.23. The number of hydrogen-bond acceptors (Lipinski definition) is 2. The number of aryl methyl sites for hydroxylation is 1. The molecule has 1 aromatic heterocycles. The van der Waals surface area contributed by atoms with Gasteiger partial charge in [-0.15, -0.1) is 11.3 Å². The molecule has 0 spiro atoms. The van der Waals surface area contributed by atoms with E-state index in [4.69, 9.17) is 4.74 Å². The van der Waals surface area contributed by atoms with Crippen LogP contribution in [0.3, 0.4) is 0 Å². The van der Waals surface area contributed by atoms with E-state index in [1.54, 1.807) is 0 Å². The summed E-state index contributed by atoms with van der Waals surface area (Å²) in [6.07, 6.45) is 5.59. The molecule has 1 aliphatic rings. The lowest BCUT2D eigenvalue weighted by Gasteiger charge is -2.28. The van der Waals surface area contributed by atoms with Crippen LogP contribution in [0.5, 0.6) is 0 Å². The molecule has 0 aliphatic carbocycles. The number of ether oxygens (including phenoxy) is 1. The zero-order chi connectivity index (χ0) is 10.7. The molecule has 0 bridgehead atoms. The van der Waals surface area contributed by atoms with Crippen LogP contribution in [0.15, 0.2) is 12.1 Å². The van der Waals surface area contributed by atoms with Gasteiger partial charge in [-0.3, -0.25) is 0 Å². The third-order valence-corrected chi connectivity index (χ3v) is 4.91. The van der Waals surface area contributed by atoms with E-state index in [1.165, 1.54) is 29.0 Å². The first-order valence-electron chi connectivity index (χ1n) is 5.63. The summed E-state index contributed by atoms with van der Waals surface area (Å²) in [5.41, 5.74) is 0. The highest BCUT2D eigenvalue weighted by molar-refractivity contribution is 9.09. The molecule has 0 saturated carbocycles.